The lowest BCUT2D eigenvalue weighted by atomic mass is 9.75. The molecule has 2 N–H and O–H groups in total. The van der Waals surface area contributed by atoms with Gasteiger partial charge in [-0.25, -0.2) is 9.97 Å². The van der Waals surface area contributed by atoms with Crippen molar-refractivity contribution >= 4 is 16.7 Å². The van der Waals surface area contributed by atoms with E-state index in [4.69, 9.17) is 0 Å². The van der Waals surface area contributed by atoms with Gasteiger partial charge in [-0.1, -0.05) is 12.1 Å². The molecule has 1 aliphatic carbocycles. The van der Waals surface area contributed by atoms with E-state index in [9.17, 15) is 36.2 Å². The van der Waals surface area contributed by atoms with Crippen LogP contribution >= 0.6 is 0 Å². The fourth-order valence-electron chi connectivity index (χ4n) is 4.75. The van der Waals surface area contributed by atoms with E-state index < -0.39 is 53.5 Å². The molecular formula is C24H24F6N4O2. The Balaban J connectivity index is 1.76. The molecule has 6 nitrogen and oxygen atoms in total. The first kappa shape index (κ1) is 25.9. The van der Waals surface area contributed by atoms with E-state index in [-0.39, 0.29) is 22.7 Å². The predicted molar refractivity (Wildman–Crippen MR) is 121 cm³/mol. The van der Waals surface area contributed by atoms with Crippen LogP contribution in [0, 0.1) is 13.8 Å². The highest BCUT2D eigenvalue weighted by atomic mass is 19.4. The number of hydrogen-bond donors (Lipinski definition) is 2. The SMILES string of the molecule is Cc1nc(NC(C)(C)c2cccc(C(F)(F)F)c2C)c2cn(C3CC(O)(C(F)(F)F)C3)c(=O)cc2n1. The van der Waals surface area contributed by atoms with Crippen molar-refractivity contribution in [2.24, 2.45) is 0 Å². The van der Waals surface area contributed by atoms with Gasteiger partial charge in [-0.2, -0.15) is 26.3 Å². The summed E-state index contributed by atoms with van der Waals surface area (Å²) in [7, 11) is 0. The van der Waals surface area contributed by atoms with Crippen molar-refractivity contribution in [2.75, 3.05) is 5.32 Å². The van der Waals surface area contributed by atoms with Crippen LogP contribution in [0.1, 0.15) is 55.2 Å². The van der Waals surface area contributed by atoms with E-state index in [1.54, 1.807) is 26.8 Å². The summed E-state index contributed by atoms with van der Waals surface area (Å²) in [6.45, 7) is 6.29. The first-order valence-corrected chi connectivity index (χ1v) is 11.1. The first-order valence-electron chi connectivity index (χ1n) is 11.1. The molecule has 1 aliphatic rings. The fraction of sp³-hybridized carbons (Fsp3) is 0.458. The Morgan fingerprint density at radius 3 is 2.25 bits per heavy atom. The number of hydrogen-bond acceptors (Lipinski definition) is 5. The molecule has 0 unspecified atom stereocenters. The predicted octanol–water partition coefficient (Wildman–Crippen LogP) is 5.40. The molecule has 0 radical (unpaired) electrons. The molecule has 3 aromatic rings. The molecule has 194 valence electrons. The maximum Gasteiger partial charge on any atom is 0.417 e. The van der Waals surface area contributed by atoms with Crippen LogP contribution in [0.15, 0.2) is 35.3 Å². The average molecular weight is 514 g/mol. The van der Waals surface area contributed by atoms with Crippen LogP contribution < -0.4 is 10.9 Å². The quantitative estimate of drug-likeness (QED) is 0.456. The Bertz CT molecular complexity index is 1390. The van der Waals surface area contributed by atoms with E-state index in [0.29, 0.717) is 10.9 Å². The lowest BCUT2D eigenvalue weighted by Crippen LogP contribution is -2.56. The zero-order valence-corrected chi connectivity index (χ0v) is 19.8. The molecule has 0 atom stereocenters. The lowest BCUT2D eigenvalue weighted by Gasteiger charge is -2.45. The number of anilines is 1. The Kier molecular flexibility index (Phi) is 5.90. The van der Waals surface area contributed by atoms with E-state index in [0.717, 1.165) is 10.6 Å². The summed E-state index contributed by atoms with van der Waals surface area (Å²) in [5.41, 5.74) is -4.65. The highest BCUT2D eigenvalue weighted by Crippen LogP contribution is 2.50. The molecule has 0 spiro atoms. The molecule has 12 heteroatoms. The number of rotatable bonds is 4. The van der Waals surface area contributed by atoms with Crippen LogP contribution in [0.5, 0.6) is 0 Å². The summed E-state index contributed by atoms with van der Waals surface area (Å²) >= 11 is 0. The molecule has 36 heavy (non-hydrogen) atoms. The van der Waals surface area contributed by atoms with Crippen LogP contribution in [-0.4, -0.2) is 31.4 Å². The van der Waals surface area contributed by atoms with E-state index in [1.807, 2.05) is 0 Å². The third kappa shape index (κ3) is 4.42. The van der Waals surface area contributed by atoms with Crippen molar-refractivity contribution in [3.05, 3.63) is 63.3 Å². The Labute approximate surface area is 202 Å². The largest absolute Gasteiger partial charge is 0.417 e. The van der Waals surface area contributed by atoms with Crippen LogP contribution in [0.2, 0.25) is 0 Å². The van der Waals surface area contributed by atoms with Gasteiger partial charge in [0.2, 0.25) is 0 Å². The summed E-state index contributed by atoms with van der Waals surface area (Å²) in [4.78, 5) is 21.2. The van der Waals surface area contributed by atoms with Gasteiger partial charge in [0.1, 0.15) is 11.6 Å². The van der Waals surface area contributed by atoms with Gasteiger partial charge in [-0.3, -0.25) is 4.79 Å². The van der Waals surface area contributed by atoms with Gasteiger partial charge in [0.05, 0.1) is 22.0 Å². The zero-order chi connectivity index (χ0) is 26.8. The standard InChI is InChI=1S/C24H24F6N4O2/c1-12-16(6-5-7-17(12)23(25,26)27)21(3,4)33-20-15-11-34(14-9-22(36,10-14)24(28,29)30)19(35)8-18(15)31-13(2)32-20/h5-8,11,14,36H,9-10H2,1-4H3,(H,31,32,33). The van der Waals surface area contributed by atoms with Crippen molar-refractivity contribution < 1.29 is 31.4 Å². The Morgan fingerprint density at radius 2 is 1.67 bits per heavy atom. The smallest absolute Gasteiger partial charge is 0.380 e. The van der Waals surface area contributed by atoms with Gasteiger partial charge in [-0.15, -0.1) is 0 Å². The minimum Gasteiger partial charge on any atom is -0.380 e. The van der Waals surface area contributed by atoms with Crippen molar-refractivity contribution in [1.82, 2.24) is 14.5 Å². The molecule has 2 aromatic heterocycles. The summed E-state index contributed by atoms with van der Waals surface area (Å²) in [6.07, 6.45) is -9.37. The number of nitrogens with zero attached hydrogens (tertiary/aromatic N) is 3. The number of alkyl halides is 6. The highest BCUT2D eigenvalue weighted by Gasteiger charge is 2.61. The van der Waals surface area contributed by atoms with Gasteiger partial charge in [0, 0.05) is 31.1 Å². The van der Waals surface area contributed by atoms with E-state index in [1.165, 1.54) is 25.3 Å². The first-order chi connectivity index (χ1) is 16.4. The van der Waals surface area contributed by atoms with E-state index >= 15 is 0 Å². The summed E-state index contributed by atoms with van der Waals surface area (Å²) in [6, 6.07) is 4.16. The second-order valence-corrected chi connectivity index (χ2v) is 9.75. The zero-order valence-electron chi connectivity index (χ0n) is 19.8. The van der Waals surface area contributed by atoms with Crippen molar-refractivity contribution in [3.63, 3.8) is 0 Å². The highest BCUT2D eigenvalue weighted by molar-refractivity contribution is 5.88. The van der Waals surface area contributed by atoms with Crippen molar-refractivity contribution in [1.29, 1.82) is 0 Å². The van der Waals surface area contributed by atoms with E-state index in [2.05, 4.69) is 15.3 Å². The number of aromatic nitrogens is 3. The number of benzene rings is 1. The third-order valence-corrected chi connectivity index (χ3v) is 6.68. The lowest BCUT2D eigenvalue weighted by molar-refractivity contribution is -0.296. The Morgan fingerprint density at radius 1 is 1.06 bits per heavy atom. The number of nitrogens with one attached hydrogen (secondary N) is 1. The number of halogens is 6. The molecular weight excluding hydrogens is 490 g/mol. The topological polar surface area (TPSA) is 80.0 Å². The van der Waals surface area contributed by atoms with Gasteiger partial charge in [-0.05, 0) is 44.9 Å². The minimum absolute atomic E-state index is 0.0374. The average Bonchev–Trinajstić information content (AvgIpc) is 2.69. The van der Waals surface area contributed by atoms with Crippen molar-refractivity contribution in [3.8, 4) is 0 Å². The maximum atomic E-state index is 13.5. The van der Waals surface area contributed by atoms with Crippen LogP contribution in [0.4, 0.5) is 32.2 Å². The molecule has 0 saturated heterocycles. The summed E-state index contributed by atoms with van der Waals surface area (Å²) in [5.74, 6) is 0.493. The summed E-state index contributed by atoms with van der Waals surface area (Å²) in [5, 5.41) is 13.2. The van der Waals surface area contributed by atoms with Crippen LogP contribution in [0.3, 0.4) is 0 Å². The second kappa shape index (κ2) is 8.19. The normalized spacial score (nSPS) is 20.9. The van der Waals surface area contributed by atoms with Gasteiger partial charge < -0.3 is 15.0 Å². The minimum atomic E-state index is -4.82. The van der Waals surface area contributed by atoms with Gasteiger partial charge in [0.25, 0.3) is 5.56 Å². The van der Waals surface area contributed by atoms with Gasteiger partial charge in [0.15, 0.2) is 5.60 Å². The van der Waals surface area contributed by atoms with Crippen molar-refractivity contribution in [2.45, 2.75) is 70.1 Å². The monoisotopic (exact) mass is 514 g/mol. The third-order valence-electron chi connectivity index (χ3n) is 6.68. The molecule has 1 aromatic carbocycles. The number of fused-ring (bicyclic) bond motifs is 1. The molecule has 4 rings (SSSR count). The number of aryl methyl sites for hydroxylation is 1. The molecule has 2 heterocycles. The molecule has 0 bridgehead atoms. The second-order valence-electron chi connectivity index (χ2n) is 9.75. The van der Waals surface area contributed by atoms with Crippen LogP contribution in [-0.2, 0) is 11.7 Å². The molecule has 1 saturated carbocycles. The molecule has 0 amide bonds. The molecule has 0 aliphatic heterocycles. The maximum absolute atomic E-state index is 13.5. The van der Waals surface area contributed by atoms with Gasteiger partial charge >= 0.3 is 12.4 Å². The Hall–Kier alpha value is -3.15. The number of aliphatic hydroxyl groups is 1. The molecule has 1 fully saturated rings. The van der Waals surface area contributed by atoms with Crippen LogP contribution in [0.25, 0.3) is 10.9 Å². The number of pyridine rings is 1. The fourth-order valence-corrected chi connectivity index (χ4v) is 4.75. The summed E-state index contributed by atoms with van der Waals surface area (Å²) < 4.78 is 80.8.